The molecule has 1 atom stereocenters. The van der Waals surface area contributed by atoms with E-state index < -0.39 is 0 Å². The number of nitrogens with zero attached hydrogens (tertiary/aromatic N) is 1. The normalized spacial score (nSPS) is 17.7. The van der Waals surface area contributed by atoms with E-state index in [1.165, 1.54) is 22.6 Å². The first-order valence-electron chi connectivity index (χ1n) is 8.04. The van der Waals surface area contributed by atoms with Gasteiger partial charge in [0.25, 0.3) is 0 Å². The second-order valence-corrected chi connectivity index (χ2v) is 8.19. The second-order valence-electron chi connectivity index (χ2n) is 5.96. The first kappa shape index (κ1) is 16.1. The highest BCUT2D eigenvalue weighted by Crippen LogP contribution is 2.29. The van der Waals surface area contributed by atoms with Crippen LogP contribution in [-0.2, 0) is 11.2 Å². The Bertz CT molecular complexity index is 587. The minimum Gasteiger partial charge on any atom is -0.381 e. The van der Waals surface area contributed by atoms with Crippen molar-refractivity contribution >= 4 is 22.7 Å². The molecule has 1 saturated heterocycles. The van der Waals surface area contributed by atoms with E-state index >= 15 is 0 Å². The molecule has 0 saturated carbocycles. The Balaban J connectivity index is 1.46. The molecule has 1 fully saturated rings. The van der Waals surface area contributed by atoms with Crippen molar-refractivity contribution in [3.8, 4) is 10.6 Å². The topological polar surface area (TPSA) is 34.2 Å². The molecule has 0 amide bonds. The largest absolute Gasteiger partial charge is 0.381 e. The minimum atomic E-state index is 0.588. The first-order valence-corrected chi connectivity index (χ1v) is 9.74. The zero-order valence-electron chi connectivity index (χ0n) is 13.3. The molecule has 5 heteroatoms. The maximum atomic E-state index is 5.44. The predicted octanol–water partition coefficient (Wildman–Crippen LogP) is 4.13. The van der Waals surface area contributed by atoms with Crippen LogP contribution in [0.25, 0.3) is 10.6 Å². The summed E-state index contributed by atoms with van der Waals surface area (Å²) in [7, 11) is 0. The number of rotatable bonds is 6. The van der Waals surface area contributed by atoms with Gasteiger partial charge in [-0.25, -0.2) is 4.98 Å². The van der Waals surface area contributed by atoms with Gasteiger partial charge in [-0.1, -0.05) is 0 Å². The molecule has 0 aromatic carbocycles. The van der Waals surface area contributed by atoms with Crippen LogP contribution in [0, 0.1) is 12.8 Å². The van der Waals surface area contributed by atoms with E-state index in [0.717, 1.165) is 42.8 Å². The Kier molecular flexibility index (Phi) is 5.63. The molecule has 2 aromatic rings. The van der Waals surface area contributed by atoms with Gasteiger partial charge in [-0.15, -0.1) is 22.7 Å². The van der Waals surface area contributed by atoms with Crippen molar-refractivity contribution in [2.75, 3.05) is 19.8 Å². The molecule has 0 spiro atoms. The van der Waals surface area contributed by atoms with Crippen LogP contribution in [0.5, 0.6) is 0 Å². The van der Waals surface area contributed by atoms with Crippen molar-refractivity contribution in [1.82, 2.24) is 10.3 Å². The third kappa shape index (κ3) is 4.16. The van der Waals surface area contributed by atoms with E-state index in [-0.39, 0.29) is 0 Å². The number of thiazole rings is 1. The van der Waals surface area contributed by atoms with Gasteiger partial charge in [0.15, 0.2) is 0 Å². The average Bonchev–Trinajstić information content (AvgIpc) is 3.17. The summed E-state index contributed by atoms with van der Waals surface area (Å²) >= 11 is 3.59. The maximum absolute atomic E-state index is 5.44. The summed E-state index contributed by atoms with van der Waals surface area (Å²) in [6.07, 6.45) is 3.49. The fraction of sp³-hybridized carbons (Fsp3) is 0.588. The minimum absolute atomic E-state index is 0.588. The molecular formula is C17H24N2OS2. The highest BCUT2D eigenvalue weighted by atomic mass is 32.1. The molecule has 1 unspecified atom stereocenters. The van der Waals surface area contributed by atoms with Gasteiger partial charge in [-0.2, -0.15) is 0 Å². The lowest BCUT2D eigenvalue weighted by Gasteiger charge is -2.28. The Labute approximate surface area is 140 Å². The molecule has 1 aliphatic heterocycles. The number of ether oxygens (including phenoxy) is 1. The molecule has 3 heterocycles. The number of aromatic nitrogens is 1. The van der Waals surface area contributed by atoms with Gasteiger partial charge >= 0.3 is 0 Å². The third-order valence-electron chi connectivity index (χ3n) is 4.34. The lowest BCUT2D eigenvalue weighted by molar-refractivity contribution is 0.0561. The quantitative estimate of drug-likeness (QED) is 0.861. The molecule has 0 aliphatic carbocycles. The van der Waals surface area contributed by atoms with Crippen LogP contribution in [0.4, 0.5) is 0 Å². The summed E-state index contributed by atoms with van der Waals surface area (Å²) in [4.78, 5) is 7.29. The van der Waals surface area contributed by atoms with Crippen LogP contribution in [0.1, 0.15) is 29.7 Å². The van der Waals surface area contributed by atoms with E-state index in [4.69, 9.17) is 4.74 Å². The van der Waals surface area contributed by atoms with E-state index in [1.807, 2.05) is 11.3 Å². The number of hydrogen-bond acceptors (Lipinski definition) is 5. The fourth-order valence-electron chi connectivity index (χ4n) is 2.93. The summed E-state index contributed by atoms with van der Waals surface area (Å²) in [5.41, 5.74) is 1.13. The van der Waals surface area contributed by atoms with Crippen molar-refractivity contribution in [2.24, 2.45) is 5.92 Å². The number of thiophene rings is 1. The van der Waals surface area contributed by atoms with Crippen molar-refractivity contribution in [3.63, 3.8) is 0 Å². The van der Waals surface area contributed by atoms with Crippen LogP contribution < -0.4 is 5.32 Å². The van der Waals surface area contributed by atoms with E-state index in [9.17, 15) is 0 Å². The summed E-state index contributed by atoms with van der Waals surface area (Å²) in [6, 6.07) is 5.04. The molecule has 0 bridgehead atoms. The Hall–Kier alpha value is -0.750. The van der Waals surface area contributed by atoms with Gasteiger partial charge in [-0.05, 0) is 51.2 Å². The number of hydrogen-bond donors (Lipinski definition) is 1. The number of aryl methyl sites for hydroxylation is 1. The summed E-state index contributed by atoms with van der Waals surface area (Å²) in [5.74, 6) is 0.769. The molecule has 1 N–H and O–H groups in total. The SMILES string of the molecule is Cc1nc(-c2ccc(CCNC(C)C3CCOCC3)s2)cs1. The molecule has 22 heavy (non-hydrogen) atoms. The van der Waals surface area contributed by atoms with Crippen molar-refractivity contribution < 1.29 is 4.74 Å². The molecule has 1 aliphatic rings. The number of nitrogens with one attached hydrogen (secondary N) is 1. The van der Waals surface area contributed by atoms with Gasteiger partial charge in [-0.3, -0.25) is 0 Å². The molecule has 3 rings (SSSR count). The van der Waals surface area contributed by atoms with Gasteiger partial charge < -0.3 is 10.1 Å². The summed E-state index contributed by atoms with van der Waals surface area (Å²) < 4.78 is 5.44. The van der Waals surface area contributed by atoms with Crippen molar-refractivity contribution in [2.45, 2.75) is 39.2 Å². The lowest BCUT2D eigenvalue weighted by Crippen LogP contribution is -2.37. The molecule has 0 radical (unpaired) electrons. The standard InChI is InChI=1S/C17H24N2OS2/c1-12(14-6-9-20-10-7-14)18-8-5-15-3-4-17(22-15)16-11-21-13(2)19-16/h3-4,11-12,14,18H,5-10H2,1-2H3. The highest BCUT2D eigenvalue weighted by Gasteiger charge is 2.19. The monoisotopic (exact) mass is 336 g/mol. The van der Waals surface area contributed by atoms with Gasteiger partial charge in [0.05, 0.1) is 15.6 Å². The Morgan fingerprint density at radius 1 is 1.36 bits per heavy atom. The van der Waals surface area contributed by atoms with Crippen LogP contribution in [0.15, 0.2) is 17.5 Å². The molecule has 120 valence electrons. The van der Waals surface area contributed by atoms with E-state index in [0.29, 0.717) is 6.04 Å². The van der Waals surface area contributed by atoms with Gasteiger partial charge in [0.1, 0.15) is 0 Å². The maximum Gasteiger partial charge on any atom is 0.0914 e. The van der Waals surface area contributed by atoms with Gasteiger partial charge in [0, 0.05) is 36.1 Å². The van der Waals surface area contributed by atoms with E-state index in [1.54, 1.807) is 11.3 Å². The highest BCUT2D eigenvalue weighted by molar-refractivity contribution is 7.16. The first-order chi connectivity index (χ1) is 10.7. The summed E-state index contributed by atoms with van der Waals surface area (Å²) in [5, 5.41) is 6.98. The van der Waals surface area contributed by atoms with Gasteiger partial charge in [0.2, 0.25) is 0 Å². The zero-order valence-corrected chi connectivity index (χ0v) is 14.9. The lowest BCUT2D eigenvalue weighted by atomic mass is 9.93. The predicted molar refractivity (Wildman–Crippen MR) is 94.9 cm³/mol. The van der Waals surface area contributed by atoms with Crippen molar-refractivity contribution in [1.29, 1.82) is 0 Å². The molecular weight excluding hydrogens is 312 g/mol. The fourth-order valence-corrected chi connectivity index (χ4v) is 4.59. The third-order valence-corrected chi connectivity index (χ3v) is 6.28. The van der Waals surface area contributed by atoms with Crippen LogP contribution >= 0.6 is 22.7 Å². The van der Waals surface area contributed by atoms with Crippen molar-refractivity contribution in [3.05, 3.63) is 27.4 Å². The van der Waals surface area contributed by atoms with E-state index in [2.05, 4.69) is 41.7 Å². The second kappa shape index (κ2) is 7.68. The Morgan fingerprint density at radius 3 is 2.91 bits per heavy atom. The van der Waals surface area contributed by atoms with Crippen LogP contribution in [-0.4, -0.2) is 30.8 Å². The Morgan fingerprint density at radius 2 is 2.18 bits per heavy atom. The van der Waals surface area contributed by atoms with Crippen LogP contribution in [0.2, 0.25) is 0 Å². The van der Waals surface area contributed by atoms with Crippen LogP contribution in [0.3, 0.4) is 0 Å². The molecule has 2 aromatic heterocycles. The molecule has 3 nitrogen and oxygen atoms in total. The summed E-state index contributed by atoms with van der Waals surface area (Å²) in [6.45, 7) is 7.28. The average molecular weight is 337 g/mol. The smallest absolute Gasteiger partial charge is 0.0914 e. The zero-order chi connectivity index (χ0) is 15.4.